The molecule has 3 rings (SSSR count). The van der Waals surface area contributed by atoms with Gasteiger partial charge in [0.15, 0.2) is 12.2 Å². The first-order chi connectivity index (χ1) is 9.42. The smallest absolute Gasteiger partial charge is 0.181 e. The van der Waals surface area contributed by atoms with Crippen LogP contribution in [0.5, 0.6) is 0 Å². The predicted octanol–water partition coefficient (Wildman–Crippen LogP) is 3.17. The minimum Gasteiger partial charge on any atom is -0.444 e. The molecule has 0 aliphatic carbocycles. The Morgan fingerprint density at radius 2 is 2.15 bits per heavy atom. The Balaban J connectivity index is 0.00000147. The van der Waals surface area contributed by atoms with Gasteiger partial charge in [0.05, 0.1) is 6.20 Å². The van der Waals surface area contributed by atoms with Gasteiger partial charge in [-0.15, -0.1) is 12.4 Å². The number of piperidine rings is 1. The monoisotopic (exact) mass is 293 g/mol. The van der Waals surface area contributed by atoms with E-state index in [1.54, 1.807) is 6.20 Å². The van der Waals surface area contributed by atoms with E-state index in [1.807, 2.05) is 12.1 Å². The van der Waals surface area contributed by atoms with E-state index in [4.69, 9.17) is 4.42 Å². The van der Waals surface area contributed by atoms with Crippen molar-refractivity contribution in [1.29, 1.82) is 0 Å². The average Bonchev–Trinajstić information content (AvgIpc) is 3.01. The van der Waals surface area contributed by atoms with Gasteiger partial charge in [0.1, 0.15) is 0 Å². The van der Waals surface area contributed by atoms with E-state index in [2.05, 4.69) is 27.8 Å². The van der Waals surface area contributed by atoms with Crippen molar-refractivity contribution < 1.29 is 4.42 Å². The van der Waals surface area contributed by atoms with E-state index in [0.29, 0.717) is 0 Å². The first-order valence-electron chi connectivity index (χ1n) is 6.85. The zero-order chi connectivity index (χ0) is 12.9. The second-order valence-corrected chi connectivity index (χ2v) is 5.02. The second-order valence-electron chi connectivity index (χ2n) is 5.02. The van der Waals surface area contributed by atoms with Crippen LogP contribution in [-0.4, -0.2) is 24.6 Å². The Bertz CT molecular complexity index is 510. The van der Waals surface area contributed by atoms with Crippen molar-refractivity contribution in [2.45, 2.75) is 12.8 Å². The summed E-state index contributed by atoms with van der Waals surface area (Å²) < 4.78 is 5.32. The number of hydrogen-bond acceptors (Lipinski definition) is 4. The van der Waals surface area contributed by atoms with Crippen LogP contribution in [0, 0.1) is 5.92 Å². The molecule has 0 amide bonds. The largest absolute Gasteiger partial charge is 0.444 e. The first kappa shape index (κ1) is 14.9. The molecular formula is C15H20ClN3O. The number of aromatic nitrogens is 1. The Morgan fingerprint density at radius 1 is 1.30 bits per heavy atom. The van der Waals surface area contributed by atoms with Crippen molar-refractivity contribution in [3.05, 3.63) is 36.9 Å². The quantitative estimate of drug-likeness (QED) is 0.909. The van der Waals surface area contributed by atoms with Crippen molar-refractivity contribution in [3.8, 4) is 11.3 Å². The van der Waals surface area contributed by atoms with E-state index in [-0.39, 0.29) is 12.4 Å². The predicted molar refractivity (Wildman–Crippen MR) is 83.3 cm³/mol. The number of oxazole rings is 1. The molecule has 1 aliphatic rings. The van der Waals surface area contributed by atoms with Gasteiger partial charge < -0.3 is 15.1 Å². The van der Waals surface area contributed by atoms with E-state index in [9.17, 15) is 0 Å². The van der Waals surface area contributed by atoms with Crippen LogP contribution in [0.25, 0.3) is 11.3 Å². The van der Waals surface area contributed by atoms with Crippen LogP contribution in [0.15, 0.2) is 41.3 Å². The van der Waals surface area contributed by atoms with Crippen LogP contribution in [0.1, 0.15) is 12.8 Å². The molecule has 0 atom stereocenters. The molecule has 4 nitrogen and oxygen atoms in total. The second kappa shape index (κ2) is 7.31. The molecule has 1 aromatic carbocycles. The lowest BCUT2D eigenvalue weighted by atomic mass is 9.98. The maximum atomic E-state index is 5.32. The molecule has 1 aromatic heterocycles. The summed E-state index contributed by atoms with van der Waals surface area (Å²) in [6.07, 6.45) is 5.72. The molecule has 2 heterocycles. The van der Waals surface area contributed by atoms with Gasteiger partial charge in [-0.25, -0.2) is 4.98 Å². The lowest BCUT2D eigenvalue weighted by Gasteiger charge is -2.23. The van der Waals surface area contributed by atoms with Gasteiger partial charge in [-0.3, -0.25) is 0 Å². The molecule has 0 bridgehead atoms. The first-order valence-corrected chi connectivity index (χ1v) is 6.85. The Labute approximate surface area is 125 Å². The number of nitrogens with one attached hydrogen (secondary N) is 2. The van der Waals surface area contributed by atoms with Crippen molar-refractivity contribution in [2.24, 2.45) is 5.92 Å². The molecule has 0 radical (unpaired) electrons. The molecule has 0 spiro atoms. The van der Waals surface area contributed by atoms with Gasteiger partial charge in [0.2, 0.25) is 0 Å². The highest BCUT2D eigenvalue weighted by Gasteiger charge is 2.12. The van der Waals surface area contributed by atoms with Crippen LogP contribution in [0.4, 0.5) is 5.69 Å². The summed E-state index contributed by atoms with van der Waals surface area (Å²) in [5.41, 5.74) is 2.21. The maximum absolute atomic E-state index is 5.32. The van der Waals surface area contributed by atoms with Gasteiger partial charge in [0, 0.05) is 17.8 Å². The summed E-state index contributed by atoms with van der Waals surface area (Å²) in [4.78, 5) is 3.95. The average molecular weight is 294 g/mol. The topological polar surface area (TPSA) is 50.1 Å². The highest BCUT2D eigenvalue weighted by molar-refractivity contribution is 5.85. The van der Waals surface area contributed by atoms with Gasteiger partial charge in [-0.05, 0) is 44.0 Å². The van der Waals surface area contributed by atoms with Gasteiger partial charge >= 0.3 is 0 Å². The third kappa shape index (κ3) is 3.74. The molecule has 108 valence electrons. The molecule has 0 unspecified atom stereocenters. The zero-order valence-corrected chi connectivity index (χ0v) is 12.2. The summed E-state index contributed by atoms with van der Waals surface area (Å²) >= 11 is 0. The third-order valence-corrected chi connectivity index (χ3v) is 3.63. The lowest BCUT2D eigenvalue weighted by Crippen LogP contribution is -2.31. The van der Waals surface area contributed by atoms with Gasteiger partial charge in [-0.2, -0.15) is 0 Å². The van der Waals surface area contributed by atoms with E-state index < -0.39 is 0 Å². The lowest BCUT2D eigenvalue weighted by molar-refractivity contribution is 0.390. The molecule has 20 heavy (non-hydrogen) atoms. The summed E-state index contributed by atoms with van der Waals surface area (Å²) in [6, 6.07) is 8.29. The number of benzene rings is 1. The fraction of sp³-hybridized carbons (Fsp3) is 0.400. The fourth-order valence-corrected chi connectivity index (χ4v) is 2.49. The summed E-state index contributed by atoms with van der Waals surface area (Å²) in [5.74, 6) is 1.58. The fourth-order valence-electron chi connectivity index (χ4n) is 2.49. The summed E-state index contributed by atoms with van der Waals surface area (Å²) in [6.45, 7) is 3.33. The van der Waals surface area contributed by atoms with Gasteiger partial charge in [0.25, 0.3) is 0 Å². The number of hydrogen-bond donors (Lipinski definition) is 2. The van der Waals surface area contributed by atoms with Crippen LogP contribution < -0.4 is 10.6 Å². The zero-order valence-electron chi connectivity index (χ0n) is 11.3. The molecule has 0 saturated carbocycles. The van der Waals surface area contributed by atoms with E-state index >= 15 is 0 Å². The molecule has 2 aromatic rings. The van der Waals surface area contributed by atoms with Crippen molar-refractivity contribution in [1.82, 2.24) is 10.3 Å². The van der Waals surface area contributed by atoms with Crippen LogP contribution in [0.3, 0.4) is 0 Å². The normalized spacial score (nSPS) is 15.6. The minimum absolute atomic E-state index is 0. The van der Waals surface area contributed by atoms with Crippen LogP contribution in [-0.2, 0) is 0 Å². The van der Waals surface area contributed by atoms with Crippen molar-refractivity contribution >= 4 is 18.1 Å². The molecule has 1 fully saturated rings. The number of anilines is 1. The summed E-state index contributed by atoms with van der Waals surface area (Å²) in [7, 11) is 0. The number of nitrogens with zero attached hydrogens (tertiary/aromatic N) is 1. The Hall–Kier alpha value is -1.52. The molecular weight excluding hydrogens is 274 g/mol. The van der Waals surface area contributed by atoms with Crippen LogP contribution in [0.2, 0.25) is 0 Å². The highest BCUT2D eigenvalue weighted by atomic mass is 35.5. The summed E-state index contributed by atoms with van der Waals surface area (Å²) in [5, 5.41) is 6.92. The molecule has 5 heteroatoms. The number of rotatable bonds is 4. The third-order valence-electron chi connectivity index (χ3n) is 3.63. The SMILES string of the molecule is Cl.c1cc(NCC2CCNCC2)cc(-c2cnco2)c1. The van der Waals surface area contributed by atoms with Crippen LogP contribution >= 0.6 is 12.4 Å². The molecule has 1 aliphatic heterocycles. The minimum atomic E-state index is 0. The highest BCUT2D eigenvalue weighted by Crippen LogP contribution is 2.22. The Kier molecular flexibility index (Phi) is 5.44. The molecule has 2 N–H and O–H groups in total. The van der Waals surface area contributed by atoms with E-state index in [1.165, 1.54) is 19.2 Å². The van der Waals surface area contributed by atoms with Crippen molar-refractivity contribution in [2.75, 3.05) is 25.0 Å². The maximum Gasteiger partial charge on any atom is 0.181 e. The molecule has 1 saturated heterocycles. The number of halogens is 1. The standard InChI is InChI=1S/C15H19N3O.ClH/c1-2-13(15-10-17-11-19-15)8-14(3-1)18-9-12-4-6-16-7-5-12;/h1-3,8,10-12,16,18H,4-7,9H2;1H. The van der Waals surface area contributed by atoms with E-state index in [0.717, 1.165) is 42.6 Å². The van der Waals surface area contributed by atoms with Crippen molar-refractivity contribution in [3.63, 3.8) is 0 Å². The van der Waals surface area contributed by atoms with Gasteiger partial charge in [-0.1, -0.05) is 12.1 Å². The Morgan fingerprint density at radius 3 is 2.90 bits per heavy atom.